The molecule has 0 radical (unpaired) electrons. The lowest BCUT2D eigenvalue weighted by Gasteiger charge is -2.70. The van der Waals surface area contributed by atoms with Crippen LogP contribution in [0.3, 0.4) is 0 Å². The van der Waals surface area contributed by atoms with Gasteiger partial charge in [0.25, 0.3) is 0 Å². The Morgan fingerprint density at radius 2 is 1.32 bits per heavy atom. The van der Waals surface area contributed by atoms with Crippen molar-refractivity contribution in [2.75, 3.05) is 26.4 Å². The molecule has 10 fully saturated rings. The number of aliphatic hydroxyl groups excluding tert-OH is 10. The van der Waals surface area contributed by atoms with Gasteiger partial charge in [-0.3, -0.25) is 0 Å². The molecule has 6 aliphatic heterocycles. The second-order valence-electron chi connectivity index (χ2n) is 25.3. The molecule has 0 amide bonds. The topological polar surface area (TPSA) is 315 Å². The Hall–Kier alpha value is -1.10. The van der Waals surface area contributed by atoms with Gasteiger partial charge in [-0.2, -0.15) is 0 Å². The van der Waals surface area contributed by atoms with E-state index >= 15 is 0 Å². The van der Waals surface area contributed by atoms with E-state index in [1.807, 2.05) is 6.92 Å². The summed E-state index contributed by atoms with van der Waals surface area (Å²) in [5, 5.41) is 121. The molecule has 6 heterocycles. The summed E-state index contributed by atoms with van der Waals surface area (Å²) in [7, 11) is 0. The average molecular weight is 1050 g/mol. The highest BCUT2D eigenvalue weighted by Gasteiger charge is 2.81. The number of hydrogen-bond donors (Lipinski definition) is 11. The second kappa shape index (κ2) is 19.6. The van der Waals surface area contributed by atoms with Crippen molar-refractivity contribution in [3.05, 3.63) is 11.6 Å². The lowest BCUT2D eigenvalue weighted by atomic mass is 9.35. The summed E-state index contributed by atoms with van der Waals surface area (Å²) in [6, 6.07) is 0. The summed E-state index contributed by atoms with van der Waals surface area (Å²) in [5.74, 6) is -0.230. The third-order valence-corrected chi connectivity index (χ3v) is 20.4. The first kappa shape index (κ1) is 55.2. The van der Waals surface area contributed by atoms with Gasteiger partial charge in [0.2, 0.25) is 0 Å². The van der Waals surface area contributed by atoms with Crippen LogP contribution in [0.5, 0.6) is 0 Å². The van der Waals surface area contributed by atoms with Crippen LogP contribution in [0, 0.1) is 45.3 Å². The zero-order valence-corrected chi connectivity index (χ0v) is 43.4. The van der Waals surface area contributed by atoms with Crippen molar-refractivity contribution in [3.63, 3.8) is 0 Å². The minimum Gasteiger partial charge on any atom is -0.394 e. The Labute approximate surface area is 426 Å². The largest absolute Gasteiger partial charge is 0.394 e. The van der Waals surface area contributed by atoms with E-state index in [1.54, 1.807) is 0 Å². The quantitative estimate of drug-likeness (QED) is 0.0967. The summed E-state index contributed by atoms with van der Waals surface area (Å²) in [4.78, 5) is 0. The van der Waals surface area contributed by atoms with E-state index in [2.05, 4.69) is 47.6 Å². The van der Waals surface area contributed by atoms with E-state index < -0.39 is 147 Å². The summed E-state index contributed by atoms with van der Waals surface area (Å²) >= 11 is 0. The van der Waals surface area contributed by atoms with Gasteiger partial charge in [-0.1, -0.05) is 39.3 Å². The molecule has 0 aromatic carbocycles. The van der Waals surface area contributed by atoms with Crippen LogP contribution in [0.2, 0.25) is 0 Å². The first-order chi connectivity index (χ1) is 34.2. The van der Waals surface area contributed by atoms with Gasteiger partial charge in [0.05, 0.1) is 50.3 Å². The Balaban J connectivity index is 0.919. The van der Waals surface area contributed by atoms with Crippen LogP contribution in [0.25, 0.3) is 0 Å². The average Bonchev–Trinajstić information content (AvgIpc) is 3.85. The van der Waals surface area contributed by atoms with Crippen LogP contribution in [0.15, 0.2) is 11.6 Å². The first-order valence-electron chi connectivity index (χ1n) is 26.8. The Kier molecular flexibility index (Phi) is 14.8. The van der Waals surface area contributed by atoms with Crippen molar-refractivity contribution >= 4 is 0 Å². The smallest absolute Gasteiger partial charge is 0.187 e. The lowest BCUT2D eigenvalue weighted by molar-refractivity contribution is -0.399. The molecule has 0 aromatic rings. The molecule has 3 unspecified atom stereocenters. The van der Waals surface area contributed by atoms with Crippen molar-refractivity contribution in [1.29, 1.82) is 0 Å². The zero-order chi connectivity index (χ0) is 52.7. The van der Waals surface area contributed by atoms with Crippen LogP contribution in [-0.2, 0) is 47.4 Å². The highest BCUT2D eigenvalue weighted by atomic mass is 16.8. The van der Waals surface area contributed by atoms with Crippen molar-refractivity contribution in [2.45, 2.75) is 241 Å². The Bertz CT molecular complexity index is 2010. The van der Waals surface area contributed by atoms with Crippen molar-refractivity contribution < 1.29 is 104 Å². The van der Waals surface area contributed by atoms with Crippen LogP contribution in [0.4, 0.5) is 0 Å². The SMILES string of the molecule is CC(C)=C[C@@H]1CC(C)(O)C2C3CC[C@@H]4[C@@]5(C)CC[C@H](O[C@@H]6OC[C@H](O)[C@H](O[C@@H]7O[C@H](CO)[C@@H](O)[C@H](O)[C@H]7O[C@@H]7OC[C@@H](O)[C@H](O)[C@H]7O)[C@H]6O[C@@H]6O[C@@H](C)[C@H](O)[C@@H](O)[C@H]6O)C(C)(C)[C@@H]5CC[C@@]4(C)[C@@]34CO[C@@]2(C4)O1. The lowest BCUT2D eigenvalue weighted by Crippen LogP contribution is -2.68. The van der Waals surface area contributed by atoms with Crippen LogP contribution >= 0.6 is 0 Å². The highest BCUT2D eigenvalue weighted by Crippen LogP contribution is 2.80. The standard InChI is InChI=1S/C52H84O21/c1-22(2)15-24-16-50(8,63)42-25-9-10-30-48(6)13-12-31(47(4,5)29(48)11-14-49(30,7)51(25)20-52(42,73-24)66-21-51)69-45-41(72-44-38(62)35(59)32(56)23(3)67-44)39(27(55)19-65-45)70-46-40(36(60)34(58)28(17-53)68-46)71-43-37(61)33(57)26(54)18-64-43/h15,23-46,53-63H,9-14,16-21H2,1-8H3/t23-,24+,25?,26+,27-,28+,29-,30+,31-,32-,33-,34+,35+,36-,37+,38+,39-,40+,41+,42?,43-,44-,45-,46-,48-,49+,50?,51-,52-/m0/s1. The molecule has 2 bridgehead atoms. The van der Waals surface area contributed by atoms with E-state index in [4.69, 9.17) is 47.4 Å². The van der Waals surface area contributed by atoms with Gasteiger partial charge in [-0.05, 0) is 100 Å². The maximum Gasteiger partial charge on any atom is 0.187 e. The molecule has 0 aromatic heterocycles. The fourth-order valence-electron chi connectivity index (χ4n) is 16.9. The van der Waals surface area contributed by atoms with Gasteiger partial charge >= 0.3 is 0 Å². The van der Waals surface area contributed by atoms with Crippen molar-refractivity contribution in [3.8, 4) is 0 Å². The van der Waals surface area contributed by atoms with Gasteiger partial charge in [0.15, 0.2) is 30.9 Å². The molecule has 4 aliphatic carbocycles. The van der Waals surface area contributed by atoms with E-state index in [0.717, 1.165) is 44.1 Å². The summed E-state index contributed by atoms with van der Waals surface area (Å²) in [5.41, 5.74) is -0.717. The molecule has 6 saturated heterocycles. The second-order valence-corrected chi connectivity index (χ2v) is 25.3. The molecule has 21 nitrogen and oxygen atoms in total. The van der Waals surface area contributed by atoms with Crippen LogP contribution < -0.4 is 0 Å². The number of rotatable bonds is 10. The number of aliphatic hydroxyl groups is 11. The van der Waals surface area contributed by atoms with Gasteiger partial charge in [0, 0.05) is 24.2 Å². The molecular formula is C52H84O21. The zero-order valence-electron chi connectivity index (χ0n) is 43.4. The van der Waals surface area contributed by atoms with Crippen LogP contribution in [-0.4, -0.2) is 217 Å². The fraction of sp³-hybridized carbons (Fsp3) is 0.962. The molecule has 73 heavy (non-hydrogen) atoms. The molecular weight excluding hydrogens is 961 g/mol. The maximum absolute atomic E-state index is 12.3. The predicted octanol–water partition coefficient (Wildman–Crippen LogP) is -0.542. The molecule has 10 rings (SSSR count). The normalized spacial score (nSPS) is 57.5. The molecule has 11 N–H and O–H groups in total. The van der Waals surface area contributed by atoms with Crippen molar-refractivity contribution in [1.82, 2.24) is 0 Å². The van der Waals surface area contributed by atoms with E-state index in [0.29, 0.717) is 25.4 Å². The van der Waals surface area contributed by atoms with E-state index in [9.17, 15) is 56.2 Å². The van der Waals surface area contributed by atoms with Gasteiger partial charge in [0.1, 0.15) is 79.4 Å². The minimum absolute atomic E-state index is 0.108. The maximum atomic E-state index is 12.3. The number of hydrogen-bond acceptors (Lipinski definition) is 21. The highest BCUT2D eigenvalue weighted by molar-refractivity contribution is 5.27. The number of fused-ring (bicyclic) bond motifs is 4. The molecule has 10 aliphatic rings. The molecule has 29 atom stereocenters. The summed E-state index contributed by atoms with van der Waals surface area (Å²) in [6.07, 6.45) is -20.8. The van der Waals surface area contributed by atoms with Crippen LogP contribution in [0.1, 0.15) is 107 Å². The Morgan fingerprint density at radius 1 is 0.644 bits per heavy atom. The van der Waals surface area contributed by atoms with E-state index in [1.165, 1.54) is 6.92 Å². The minimum atomic E-state index is -1.87. The predicted molar refractivity (Wildman–Crippen MR) is 250 cm³/mol. The van der Waals surface area contributed by atoms with E-state index in [-0.39, 0.29) is 46.7 Å². The third-order valence-electron chi connectivity index (χ3n) is 20.4. The molecule has 21 heteroatoms. The first-order valence-corrected chi connectivity index (χ1v) is 26.8. The number of allylic oxidation sites excluding steroid dienone is 1. The number of ether oxygens (including phenoxy) is 10. The van der Waals surface area contributed by atoms with Gasteiger partial charge in [-0.25, -0.2) is 0 Å². The summed E-state index contributed by atoms with van der Waals surface area (Å²) < 4.78 is 63.4. The molecule has 418 valence electrons. The third kappa shape index (κ3) is 8.77. The monoisotopic (exact) mass is 1040 g/mol. The van der Waals surface area contributed by atoms with Gasteiger partial charge < -0.3 is 104 Å². The fourth-order valence-corrected chi connectivity index (χ4v) is 16.9. The Morgan fingerprint density at radius 3 is 2.03 bits per heavy atom. The molecule has 4 saturated carbocycles. The molecule has 2 spiro atoms. The van der Waals surface area contributed by atoms with Crippen molar-refractivity contribution in [2.24, 2.45) is 45.3 Å². The van der Waals surface area contributed by atoms with Gasteiger partial charge in [-0.15, -0.1) is 0 Å². The summed E-state index contributed by atoms with van der Waals surface area (Å²) in [6.45, 7) is 15.9.